The molecular formula is C21H23NO5. The second-order valence-corrected chi connectivity index (χ2v) is 6.16. The van der Waals surface area contributed by atoms with E-state index in [1.807, 2.05) is 60.7 Å². The average Bonchev–Trinajstić information content (AvgIpc) is 2.70. The number of benzene rings is 2. The maximum atomic E-state index is 12.4. The van der Waals surface area contributed by atoms with E-state index in [4.69, 9.17) is 9.47 Å². The highest BCUT2D eigenvalue weighted by Gasteiger charge is 2.28. The fraction of sp³-hybridized carbons (Fsp3) is 0.286. The highest BCUT2D eigenvalue weighted by molar-refractivity contribution is 5.82. The van der Waals surface area contributed by atoms with Crippen molar-refractivity contribution in [3.8, 4) is 0 Å². The van der Waals surface area contributed by atoms with Crippen LogP contribution in [0.2, 0.25) is 0 Å². The molecule has 2 atom stereocenters. The predicted octanol–water partition coefficient (Wildman–Crippen LogP) is 3.25. The van der Waals surface area contributed by atoms with Gasteiger partial charge in [0.2, 0.25) is 0 Å². The molecule has 6 heteroatoms. The summed E-state index contributed by atoms with van der Waals surface area (Å²) in [5, 5.41) is 2.51. The number of alkyl carbamates (subject to hydrolysis) is 1. The van der Waals surface area contributed by atoms with Crippen molar-refractivity contribution in [3.63, 3.8) is 0 Å². The third-order valence-corrected chi connectivity index (χ3v) is 4.00. The van der Waals surface area contributed by atoms with Gasteiger partial charge in [-0.2, -0.15) is 0 Å². The van der Waals surface area contributed by atoms with E-state index >= 15 is 0 Å². The summed E-state index contributed by atoms with van der Waals surface area (Å²) in [4.78, 5) is 35.3. The lowest BCUT2D eigenvalue weighted by molar-refractivity contribution is -0.148. The molecule has 2 rings (SSSR count). The van der Waals surface area contributed by atoms with Gasteiger partial charge >= 0.3 is 12.1 Å². The zero-order chi connectivity index (χ0) is 19.5. The highest BCUT2D eigenvalue weighted by Crippen LogP contribution is 2.11. The van der Waals surface area contributed by atoms with Crippen molar-refractivity contribution in [2.45, 2.75) is 32.6 Å². The van der Waals surface area contributed by atoms with Crippen LogP contribution in [-0.4, -0.2) is 24.4 Å². The summed E-state index contributed by atoms with van der Waals surface area (Å²) in [5.74, 6) is -1.03. The summed E-state index contributed by atoms with van der Waals surface area (Å²) in [6.45, 7) is 1.87. The first-order chi connectivity index (χ1) is 13.1. The summed E-state index contributed by atoms with van der Waals surface area (Å²) in [7, 11) is 0. The number of amides is 1. The van der Waals surface area contributed by atoms with Gasteiger partial charge in [-0.3, -0.25) is 0 Å². The number of carbonyl (C=O) groups excluding carboxylic acids is 3. The predicted molar refractivity (Wildman–Crippen MR) is 99.6 cm³/mol. The standard InChI is InChI=1S/C21H23NO5/c1-16(12-13-23)19(20(24)26-14-17-8-4-2-5-9-17)22-21(25)27-15-18-10-6-3-7-11-18/h2-11,13,16,19H,12,14-15H2,1H3,(H,22,25)/t16-,19-/m0/s1. The molecule has 142 valence electrons. The molecule has 0 saturated heterocycles. The maximum absolute atomic E-state index is 12.4. The molecule has 0 aliphatic carbocycles. The van der Waals surface area contributed by atoms with Gasteiger partial charge in [-0.15, -0.1) is 0 Å². The Bertz CT molecular complexity index is 733. The Labute approximate surface area is 158 Å². The van der Waals surface area contributed by atoms with E-state index in [1.165, 1.54) is 0 Å². The maximum Gasteiger partial charge on any atom is 0.408 e. The number of aldehydes is 1. The summed E-state index contributed by atoms with van der Waals surface area (Å²) in [6.07, 6.45) is 0.0849. The number of nitrogens with one attached hydrogen (secondary N) is 1. The number of carbonyl (C=O) groups is 3. The molecule has 2 aromatic rings. The minimum Gasteiger partial charge on any atom is -0.459 e. The Hall–Kier alpha value is -3.15. The van der Waals surface area contributed by atoms with Crippen molar-refractivity contribution in [2.75, 3.05) is 0 Å². The van der Waals surface area contributed by atoms with Crippen molar-refractivity contribution in [3.05, 3.63) is 71.8 Å². The molecule has 0 bridgehead atoms. The number of rotatable bonds is 9. The molecule has 27 heavy (non-hydrogen) atoms. The highest BCUT2D eigenvalue weighted by atomic mass is 16.6. The van der Waals surface area contributed by atoms with Crippen molar-refractivity contribution < 1.29 is 23.9 Å². The van der Waals surface area contributed by atoms with Crippen molar-refractivity contribution >= 4 is 18.3 Å². The smallest absolute Gasteiger partial charge is 0.408 e. The molecule has 1 amide bonds. The van der Waals surface area contributed by atoms with Crippen LogP contribution < -0.4 is 5.32 Å². The third-order valence-electron chi connectivity index (χ3n) is 4.00. The minimum atomic E-state index is -0.970. The second kappa shape index (κ2) is 10.8. The van der Waals surface area contributed by atoms with Gasteiger partial charge in [0.1, 0.15) is 25.5 Å². The molecular weight excluding hydrogens is 346 g/mol. The van der Waals surface area contributed by atoms with E-state index in [2.05, 4.69) is 5.32 Å². The Kier molecular flexibility index (Phi) is 8.03. The minimum absolute atomic E-state index is 0.0838. The summed E-state index contributed by atoms with van der Waals surface area (Å²) in [6, 6.07) is 17.4. The summed E-state index contributed by atoms with van der Waals surface area (Å²) >= 11 is 0. The van der Waals surface area contributed by atoms with Gasteiger partial charge in [0.05, 0.1) is 0 Å². The van der Waals surface area contributed by atoms with Crippen LogP contribution in [0.4, 0.5) is 4.79 Å². The van der Waals surface area contributed by atoms with Gasteiger partial charge in [0.25, 0.3) is 0 Å². The van der Waals surface area contributed by atoms with Crippen molar-refractivity contribution in [1.29, 1.82) is 0 Å². The van der Waals surface area contributed by atoms with E-state index in [9.17, 15) is 14.4 Å². The van der Waals surface area contributed by atoms with Gasteiger partial charge in [0.15, 0.2) is 0 Å². The molecule has 1 N–H and O–H groups in total. The van der Waals surface area contributed by atoms with Crippen LogP contribution in [0.5, 0.6) is 0 Å². The van der Waals surface area contributed by atoms with Gasteiger partial charge in [-0.25, -0.2) is 9.59 Å². The first-order valence-corrected chi connectivity index (χ1v) is 8.71. The van der Waals surface area contributed by atoms with Crippen LogP contribution in [0.1, 0.15) is 24.5 Å². The monoisotopic (exact) mass is 369 g/mol. The molecule has 0 radical (unpaired) electrons. The molecule has 0 aliphatic rings. The summed E-state index contributed by atoms with van der Waals surface area (Å²) in [5.41, 5.74) is 1.66. The van der Waals surface area contributed by atoms with Gasteiger partial charge < -0.3 is 19.6 Å². The second-order valence-electron chi connectivity index (χ2n) is 6.16. The van der Waals surface area contributed by atoms with Crippen molar-refractivity contribution in [2.24, 2.45) is 5.92 Å². The lowest BCUT2D eigenvalue weighted by Crippen LogP contribution is -2.46. The quantitative estimate of drug-likeness (QED) is 0.542. The van der Waals surface area contributed by atoms with Crippen LogP contribution in [0.15, 0.2) is 60.7 Å². The van der Waals surface area contributed by atoms with E-state index in [1.54, 1.807) is 6.92 Å². The number of hydrogen-bond acceptors (Lipinski definition) is 5. The number of hydrogen-bond donors (Lipinski definition) is 1. The molecule has 0 unspecified atom stereocenters. The Morgan fingerprint density at radius 3 is 1.96 bits per heavy atom. The molecule has 0 aromatic heterocycles. The van der Waals surface area contributed by atoms with Crippen LogP contribution in [0.3, 0.4) is 0 Å². The zero-order valence-electron chi connectivity index (χ0n) is 15.2. The first kappa shape index (κ1) is 20.2. The van der Waals surface area contributed by atoms with E-state index in [0.29, 0.717) is 6.29 Å². The Balaban J connectivity index is 1.92. The average molecular weight is 369 g/mol. The van der Waals surface area contributed by atoms with Gasteiger partial charge in [-0.05, 0) is 17.0 Å². The molecule has 0 aliphatic heterocycles. The van der Waals surface area contributed by atoms with E-state index < -0.39 is 24.0 Å². The largest absolute Gasteiger partial charge is 0.459 e. The molecule has 2 aromatic carbocycles. The molecule has 0 fully saturated rings. The first-order valence-electron chi connectivity index (χ1n) is 8.71. The topological polar surface area (TPSA) is 81.7 Å². The number of ether oxygens (including phenoxy) is 2. The van der Waals surface area contributed by atoms with E-state index in [0.717, 1.165) is 11.1 Å². The van der Waals surface area contributed by atoms with Crippen LogP contribution in [-0.2, 0) is 32.3 Å². The molecule has 0 heterocycles. The van der Waals surface area contributed by atoms with Crippen molar-refractivity contribution in [1.82, 2.24) is 5.32 Å². The SMILES string of the molecule is C[C@@H](CC=O)[C@H](NC(=O)OCc1ccccc1)C(=O)OCc1ccccc1. The third kappa shape index (κ3) is 6.93. The Morgan fingerprint density at radius 2 is 1.44 bits per heavy atom. The molecule has 6 nitrogen and oxygen atoms in total. The normalized spacial score (nSPS) is 12.5. The van der Waals surface area contributed by atoms with Crippen LogP contribution in [0.25, 0.3) is 0 Å². The fourth-order valence-corrected chi connectivity index (χ4v) is 2.43. The lowest BCUT2D eigenvalue weighted by atomic mass is 9.99. The number of esters is 1. The molecule has 0 spiro atoms. The van der Waals surface area contributed by atoms with Gasteiger partial charge in [0, 0.05) is 6.42 Å². The summed E-state index contributed by atoms with van der Waals surface area (Å²) < 4.78 is 10.4. The zero-order valence-corrected chi connectivity index (χ0v) is 15.2. The van der Waals surface area contributed by atoms with Crippen LogP contribution in [0, 0.1) is 5.92 Å². The van der Waals surface area contributed by atoms with Gasteiger partial charge in [-0.1, -0.05) is 67.6 Å². The lowest BCUT2D eigenvalue weighted by Gasteiger charge is -2.22. The van der Waals surface area contributed by atoms with E-state index in [-0.39, 0.29) is 19.6 Å². The molecule has 0 saturated carbocycles. The van der Waals surface area contributed by atoms with Crippen LogP contribution >= 0.6 is 0 Å². The fourth-order valence-electron chi connectivity index (χ4n) is 2.43. The Morgan fingerprint density at radius 1 is 0.926 bits per heavy atom.